The summed E-state index contributed by atoms with van der Waals surface area (Å²) in [5.74, 6) is -4.49. The quantitative estimate of drug-likeness (QED) is 0.660. The Balaban J connectivity index is 1.42. The lowest BCUT2D eigenvalue weighted by molar-refractivity contribution is -0.143. The van der Waals surface area contributed by atoms with E-state index in [1.54, 1.807) is 23.0 Å². The lowest BCUT2D eigenvalue weighted by Crippen LogP contribution is -2.50. The van der Waals surface area contributed by atoms with Gasteiger partial charge in [-0.2, -0.15) is 13.9 Å². The van der Waals surface area contributed by atoms with E-state index in [4.69, 9.17) is 0 Å². The van der Waals surface area contributed by atoms with Gasteiger partial charge in [0.1, 0.15) is 5.82 Å². The minimum atomic E-state index is -3.38. The molecule has 3 aromatic rings. The van der Waals surface area contributed by atoms with Crippen LogP contribution in [0.4, 0.5) is 18.9 Å². The molecule has 0 spiro atoms. The van der Waals surface area contributed by atoms with E-state index in [-0.39, 0.29) is 17.9 Å². The van der Waals surface area contributed by atoms with Gasteiger partial charge in [0.2, 0.25) is 0 Å². The highest BCUT2D eigenvalue weighted by molar-refractivity contribution is 5.85. The van der Waals surface area contributed by atoms with E-state index in [1.165, 1.54) is 12.1 Å². The number of nitrogens with one attached hydrogen (secondary N) is 1. The summed E-state index contributed by atoms with van der Waals surface area (Å²) < 4.78 is 41.8. The number of carbonyl (C=O) groups is 1. The Morgan fingerprint density at radius 1 is 1.10 bits per heavy atom. The van der Waals surface area contributed by atoms with Crippen LogP contribution < -0.4 is 10.2 Å². The Kier molecular flexibility index (Phi) is 4.68. The molecule has 2 aliphatic rings. The number of nitrogens with zero attached hydrogens (tertiary/aromatic N) is 3. The second-order valence-corrected chi connectivity index (χ2v) is 8.55. The van der Waals surface area contributed by atoms with Crippen molar-refractivity contribution in [3.63, 3.8) is 0 Å². The molecular formula is C23H23F3N4O. The summed E-state index contributed by atoms with van der Waals surface area (Å²) in [4.78, 5) is 14.1. The molecule has 0 bridgehead atoms. The number of rotatable bonds is 5. The Morgan fingerprint density at radius 2 is 1.81 bits per heavy atom. The Hall–Kier alpha value is -3.03. The summed E-state index contributed by atoms with van der Waals surface area (Å²) >= 11 is 0. The first kappa shape index (κ1) is 19.9. The number of halogens is 3. The van der Waals surface area contributed by atoms with Crippen molar-refractivity contribution in [3.8, 4) is 5.69 Å². The molecule has 5 nitrogen and oxygen atoms in total. The van der Waals surface area contributed by atoms with Crippen molar-refractivity contribution in [2.75, 3.05) is 11.4 Å². The first-order valence-corrected chi connectivity index (χ1v) is 10.5. The largest absolute Gasteiger partial charge is 0.366 e. The first-order valence-electron chi connectivity index (χ1n) is 10.5. The van der Waals surface area contributed by atoms with Gasteiger partial charge in [0.25, 0.3) is 5.91 Å². The average molecular weight is 428 g/mol. The standard InChI is InChI=1S/C23H23F3N4O/c1-23(25,26)22(31)28-19-10-11-29(21(19)14-2-3-14)18-8-9-20-15(12-18)13-27-30(20)17-6-4-16(24)5-7-17/h4-9,12-14,19,21H,2-3,10-11H2,1H3,(H,28,31). The monoisotopic (exact) mass is 428 g/mol. The lowest BCUT2D eigenvalue weighted by atomic mass is 10.0. The smallest absolute Gasteiger partial charge is 0.321 e. The number of hydrogen-bond acceptors (Lipinski definition) is 3. The zero-order valence-electron chi connectivity index (χ0n) is 17.1. The Bertz CT molecular complexity index is 1120. The highest BCUT2D eigenvalue weighted by atomic mass is 19.3. The van der Waals surface area contributed by atoms with Gasteiger partial charge in [0.05, 0.1) is 29.5 Å². The number of alkyl halides is 2. The van der Waals surface area contributed by atoms with Gasteiger partial charge in [-0.05, 0) is 67.6 Å². The highest BCUT2D eigenvalue weighted by Crippen LogP contribution is 2.42. The minimum absolute atomic E-state index is 0.0101. The van der Waals surface area contributed by atoms with Gasteiger partial charge >= 0.3 is 5.92 Å². The van der Waals surface area contributed by atoms with Crippen molar-refractivity contribution in [2.45, 2.75) is 44.2 Å². The predicted molar refractivity (Wildman–Crippen MR) is 112 cm³/mol. The van der Waals surface area contributed by atoms with E-state index in [0.717, 1.165) is 35.1 Å². The normalized spacial score (nSPS) is 21.6. The van der Waals surface area contributed by atoms with Crippen molar-refractivity contribution in [2.24, 2.45) is 5.92 Å². The van der Waals surface area contributed by atoms with Gasteiger partial charge < -0.3 is 10.2 Å². The molecule has 2 atom stereocenters. The number of fused-ring (bicyclic) bond motifs is 1. The van der Waals surface area contributed by atoms with Gasteiger partial charge in [0.15, 0.2) is 0 Å². The van der Waals surface area contributed by atoms with Crippen LogP contribution in [0.25, 0.3) is 16.6 Å². The summed E-state index contributed by atoms with van der Waals surface area (Å²) in [5.41, 5.74) is 2.65. The molecule has 2 heterocycles. The van der Waals surface area contributed by atoms with Crippen LogP contribution in [-0.2, 0) is 4.79 Å². The number of aromatic nitrogens is 2. The van der Waals surface area contributed by atoms with Crippen molar-refractivity contribution in [1.29, 1.82) is 0 Å². The van der Waals surface area contributed by atoms with Crippen LogP contribution >= 0.6 is 0 Å². The van der Waals surface area contributed by atoms with Crippen LogP contribution in [0.15, 0.2) is 48.7 Å². The molecule has 1 amide bonds. The van der Waals surface area contributed by atoms with Gasteiger partial charge in [0, 0.05) is 24.5 Å². The molecule has 2 aromatic carbocycles. The number of anilines is 1. The fourth-order valence-electron chi connectivity index (χ4n) is 4.58. The third kappa shape index (κ3) is 3.75. The van der Waals surface area contributed by atoms with Crippen LogP contribution in [0.3, 0.4) is 0 Å². The molecular weight excluding hydrogens is 405 g/mol. The molecule has 1 aliphatic carbocycles. The summed E-state index contributed by atoms with van der Waals surface area (Å²) in [7, 11) is 0. The third-order valence-electron chi connectivity index (χ3n) is 6.23. The highest BCUT2D eigenvalue weighted by Gasteiger charge is 2.46. The molecule has 1 saturated carbocycles. The van der Waals surface area contributed by atoms with Gasteiger partial charge in [-0.3, -0.25) is 4.79 Å². The Labute approximate surface area is 177 Å². The van der Waals surface area contributed by atoms with Crippen LogP contribution in [0.5, 0.6) is 0 Å². The molecule has 162 valence electrons. The molecule has 1 aliphatic heterocycles. The SMILES string of the molecule is CC(F)(F)C(=O)NC1CCN(c2ccc3c(cnn3-c3ccc(F)cc3)c2)C1C1CC1. The molecule has 0 radical (unpaired) electrons. The van der Waals surface area contributed by atoms with E-state index in [1.807, 2.05) is 18.2 Å². The van der Waals surface area contributed by atoms with Gasteiger partial charge in [-0.1, -0.05) is 0 Å². The van der Waals surface area contributed by atoms with Crippen molar-refractivity contribution in [1.82, 2.24) is 15.1 Å². The van der Waals surface area contributed by atoms with Crippen LogP contribution in [0, 0.1) is 11.7 Å². The maximum absolute atomic E-state index is 13.4. The number of hydrogen-bond donors (Lipinski definition) is 1. The number of carbonyl (C=O) groups excluding carboxylic acids is 1. The molecule has 8 heteroatoms. The fraction of sp³-hybridized carbons (Fsp3) is 0.391. The Morgan fingerprint density at radius 3 is 2.48 bits per heavy atom. The average Bonchev–Trinajstić information content (AvgIpc) is 3.35. The van der Waals surface area contributed by atoms with E-state index in [2.05, 4.69) is 15.3 Å². The van der Waals surface area contributed by atoms with Crippen molar-refractivity contribution in [3.05, 3.63) is 54.5 Å². The summed E-state index contributed by atoms with van der Waals surface area (Å²) in [5, 5.41) is 7.96. The summed E-state index contributed by atoms with van der Waals surface area (Å²) in [6.45, 7) is 1.33. The van der Waals surface area contributed by atoms with Crippen LogP contribution in [0.2, 0.25) is 0 Å². The third-order valence-corrected chi connectivity index (χ3v) is 6.23. The molecule has 2 unspecified atom stereocenters. The number of benzene rings is 2. The molecule has 1 N–H and O–H groups in total. The molecule has 2 fully saturated rings. The number of amides is 1. The van der Waals surface area contributed by atoms with E-state index >= 15 is 0 Å². The minimum Gasteiger partial charge on any atom is -0.366 e. The maximum atomic E-state index is 13.4. The zero-order valence-corrected chi connectivity index (χ0v) is 17.1. The molecule has 31 heavy (non-hydrogen) atoms. The summed E-state index contributed by atoms with van der Waals surface area (Å²) in [6, 6.07) is 11.9. The van der Waals surface area contributed by atoms with Crippen LogP contribution in [0.1, 0.15) is 26.2 Å². The maximum Gasteiger partial charge on any atom is 0.321 e. The van der Waals surface area contributed by atoms with Gasteiger partial charge in [-0.15, -0.1) is 0 Å². The second-order valence-electron chi connectivity index (χ2n) is 8.55. The molecule has 5 rings (SSSR count). The topological polar surface area (TPSA) is 50.2 Å². The zero-order chi connectivity index (χ0) is 21.8. The van der Waals surface area contributed by atoms with E-state index < -0.39 is 11.8 Å². The van der Waals surface area contributed by atoms with Crippen LogP contribution in [-0.4, -0.2) is 40.2 Å². The molecule has 1 saturated heterocycles. The lowest BCUT2D eigenvalue weighted by Gasteiger charge is -2.31. The van der Waals surface area contributed by atoms with Crippen molar-refractivity contribution < 1.29 is 18.0 Å². The first-order chi connectivity index (χ1) is 14.8. The predicted octanol–water partition coefficient (Wildman–Crippen LogP) is 4.29. The van der Waals surface area contributed by atoms with E-state index in [0.29, 0.717) is 25.8 Å². The van der Waals surface area contributed by atoms with Gasteiger partial charge in [-0.25, -0.2) is 9.07 Å². The van der Waals surface area contributed by atoms with E-state index in [9.17, 15) is 18.0 Å². The second kappa shape index (κ2) is 7.28. The molecule has 1 aromatic heterocycles. The summed E-state index contributed by atoms with van der Waals surface area (Å²) in [6.07, 6.45) is 4.48. The fourth-order valence-corrected chi connectivity index (χ4v) is 4.58. The van der Waals surface area contributed by atoms with Crippen molar-refractivity contribution >= 4 is 22.5 Å².